The lowest BCUT2D eigenvalue weighted by atomic mass is 10.2. The van der Waals surface area contributed by atoms with Gasteiger partial charge in [-0.2, -0.15) is 0 Å². The van der Waals surface area contributed by atoms with Gasteiger partial charge in [0.25, 0.3) is 0 Å². The monoisotopic (exact) mass is 353 g/mol. The van der Waals surface area contributed by atoms with Crippen molar-refractivity contribution >= 4 is 28.7 Å². The lowest BCUT2D eigenvalue weighted by molar-refractivity contribution is -0.124. The summed E-state index contributed by atoms with van der Waals surface area (Å²) < 4.78 is 2.05. The first-order valence-corrected chi connectivity index (χ1v) is 9.60. The highest BCUT2D eigenvalue weighted by Crippen LogP contribution is 2.28. The summed E-state index contributed by atoms with van der Waals surface area (Å²) in [6.07, 6.45) is 1.07. The first kappa shape index (κ1) is 17.5. The highest BCUT2D eigenvalue weighted by atomic mass is 32.2. The Bertz CT molecular complexity index is 845. The third kappa shape index (κ3) is 4.04. The zero-order chi connectivity index (χ0) is 17.6. The average molecular weight is 353 g/mol. The number of nitrogens with zero attached hydrogens (tertiary/aromatic N) is 2. The van der Waals surface area contributed by atoms with Crippen LogP contribution in [-0.4, -0.2) is 21.2 Å². The number of fused-ring (bicyclic) bond motifs is 1. The largest absolute Gasteiger partial charge is 0.350 e. The number of para-hydroxylation sites is 2. The number of hydrogen-bond donors (Lipinski definition) is 1. The molecule has 1 N–H and O–H groups in total. The van der Waals surface area contributed by atoms with E-state index in [0.717, 1.165) is 33.9 Å². The normalized spacial score (nSPS) is 12.2. The van der Waals surface area contributed by atoms with E-state index in [-0.39, 0.29) is 11.9 Å². The fourth-order valence-corrected chi connectivity index (χ4v) is 3.69. The molecule has 130 valence electrons. The molecule has 0 saturated carbocycles. The second-order valence-electron chi connectivity index (χ2n) is 5.98. The van der Waals surface area contributed by atoms with Gasteiger partial charge in [0.05, 0.1) is 11.0 Å². The van der Waals surface area contributed by atoms with Crippen LogP contribution >= 0.6 is 11.8 Å². The molecule has 3 aromatic rings. The summed E-state index contributed by atoms with van der Waals surface area (Å²) in [7, 11) is 0. The molecule has 0 aliphatic carbocycles. The average Bonchev–Trinajstić information content (AvgIpc) is 3.02. The molecular weight excluding hydrogens is 330 g/mol. The molecule has 2 aromatic carbocycles. The molecule has 0 spiro atoms. The van der Waals surface area contributed by atoms with E-state index in [0.29, 0.717) is 6.54 Å². The smallest absolute Gasteiger partial charge is 0.243 e. The first-order valence-electron chi connectivity index (χ1n) is 8.62. The van der Waals surface area contributed by atoms with Crippen molar-refractivity contribution in [2.24, 2.45) is 0 Å². The summed E-state index contributed by atoms with van der Waals surface area (Å²) in [6.45, 7) is 4.62. The molecule has 1 amide bonds. The standard InChI is InChI=1S/C20H23N3OS/c1-3-13-25-20-22-17-11-7-8-12-18(17)23(20)15(2)19(24)21-14-16-9-5-4-6-10-16/h4-12,15H,3,13-14H2,1-2H3,(H,21,24)/t15-/m0/s1. The molecule has 5 heteroatoms. The number of rotatable bonds is 7. The lowest BCUT2D eigenvalue weighted by Crippen LogP contribution is -2.30. The quantitative estimate of drug-likeness (QED) is 0.640. The molecule has 0 radical (unpaired) electrons. The Morgan fingerprint density at radius 3 is 2.64 bits per heavy atom. The van der Waals surface area contributed by atoms with Crippen LogP contribution < -0.4 is 5.32 Å². The van der Waals surface area contributed by atoms with Crippen LogP contribution in [0.25, 0.3) is 11.0 Å². The van der Waals surface area contributed by atoms with E-state index in [1.54, 1.807) is 11.8 Å². The molecule has 3 rings (SSSR count). The minimum atomic E-state index is -0.310. The number of thioether (sulfide) groups is 1. The molecule has 4 nitrogen and oxygen atoms in total. The number of nitrogens with one attached hydrogen (secondary N) is 1. The fourth-order valence-electron chi connectivity index (χ4n) is 2.74. The van der Waals surface area contributed by atoms with Crippen LogP contribution in [-0.2, 0) is 11.3 Å². The lowest BCUT2D eigenvalue weighted by Gasteiger charge is -2.17. The highest BCUT2D eigenvalue weighted by Gasteiger charge is 2.21. The van der Waals surface area contributed by atoms with E-state index in [1.165, 1.54) is 0 Å². The van der Waals surface area contributed by atoms with Gasteiger partial charge in [0.2, 0.25) is 5.91 Å². The van der Waals surface area contributed by atoms with Crippen molar-refractivity contribution in [1.29, 1.82) is 0 Å². The van der Waals surface area contributed by atoms with E-state index < -0.39 is 0 Å². The van der Waals surface area contributed by atoms with Crippen LogP contribution in [0.15, 0.2) is 59.8 Å². The molecule has 0 bridgehead atoms. The van der Waals surface area contributed by atoms with Crippen molar-refractivity contribution in [2.75, 3.05) is 5.75 Å². The summed E-state index contributed by atoms with van der Waals surface area (Å²) in [5.74, 6) is 0.993. The van der Waals surface area contributed by atoms with E-state index in [2.05, 4.69) is 16.8 Å². The van der Waals surface area contributed by atoms with Crippen LogP contribution in [0.2, 0.25) is 0 Å². The number of hydrogen-bond acceptors (Lipinski definition) is 3. The number of aromatic nitrogens is 2. The Morgan fingerprint density at radius 1 is 1.16 bits per heavy atom. The van der Waals surface area contributed by atoms with Crippen LogP contribution in [0.4, 0.5) is 0 Å². The number of imidazole rings is 1. The van der Waals surface area contributed by atoms with Crippen molar-refractivity contribution in [3.05, 3.63) is 60.2 Å². The predicted octanol–water partition coefficient (Wildman–Crippen LogP) is 4.42. The molecule has 1 aromatic heterocycles. The van der Waals surface area contributed by atoms with Crippen molar-refractivity contribution < 1.29 is 4.79 Å². The molecule has 0 aliphatic rings. The summed E-state index contributed by atoms with van der Waals surface area (Å²) in [5, 5.41) is 3.95. The topological polar surface area (TPSA) is 46.9 Å². The Hall–Kier alpha value is -2.27. The molecule has 0 saturated heterocycles. The van der Waals surface area contributed by atoms with Gasteiger partial charge < -0.3 is 9.88 Å². The molecular formula is C20H23N3OS. The maximum Gasteiger partial charge on any atom is 0.243 e. The zero-order valence-electron chi connectivity index (χ0n) is 14.6. The number of benzene rings is 2. The van der Waals surface area contributed by atoms with E-state index in [1.807, 2.05) is 61.5 Å². The van der Waals surface area contributed by atoms with Gasteiger partial charge in [0, 0.05) is 12.3 Å². The van der Waals surface area contributed by atoms with Crippen LogP contribution in [0.1, 0.15) is 31.9 Å². The van der Waals surface area contributed by atoms with E-state index in [9.17, 15) is 4.79 Å². The third-order valence-corrected chi connectivity index (χ3v) is 5.23. The minimum absolute atomic E-state index is 0.00496. The second-order valence-corrected chi connectivity index (χ2v) is 7.04. The Morgan fingerprint density at radius 2 is 1.88 bits per heavy atom. The maximum atomic E-state index is 12.7. The Labute approximate surface area is 152 Å². The van der Waals surface area contributed by atoms with Crippen LogP contribution in [0.5, 0.6) is 0 Å². The van der Waals surface area contributed by atoms with Gasteiger partial charge in [-0.1, -0.05) is 61.2 Å². The molecule has 0 unspecified atom stereocenters. The van der Waals surface area contributed by atoms with Gasteiger partial charge >= 0.3 is 0 Å². The van der Waals surface area contributed by atoms with Gasteiger partial charge in [0.15, 0.2) is 5.16 Å². The molecule has 1 atom stereocenters. The second kappa shape index (κ2) is 8.21. The Kier molecular flexibility index (Phi) is 5.76. The number of carbonyl (C=O) groups excluding carboxylic acids is 1. The van der Waals surface area contributed by atoms with Gasteiger partial charge in [-0.05, 0) is 31.0 Å². The molecule has 0 fully saturated rings. The van der Waals surface area contributed by atoms with Crippen molar-refractivity contribution in [3.63, 3.8) is 0 Å². The zero-order valence-corrected chi connectivity index (χ0v) is 15.4. The van der Waals surface area contributed by atoms with Crippen molar-refractivity contribution in [1.82, 2.24) is 14.9 Å². The summed E-state index contributed by atoms with van der Waals surface area (Å²) in [4.78, 5) is 17.4. The van der Waals surface area contributed by atoms with Crippen molar-refractivity contribution in [2.45, 2.75) is 38.0 Å². The molecule has 25 heavy (non-hydrogen) atoms. The first-order chi connectivity index (χ1) is 12.2. The molecule has 0 aliphatic heterocycles. The molecule has 1 heterocycles. The maximum absolute atomic E-state index is 12.7. The van der Waals surface area contributed by atoms with Crippen LogP contribution in [0, 0.1) is 0 Å². The number of carbonyl (C=O) groups is 1. The minimum Gasteiger partial charge on any atom is -0.350 e. The van der Waals surface area contributed by atoms with Crippen molar-refractivity contribution in [3.8, 4) is 0 Å². The summed E-state index contributed by atoms with van der Waals surface area (Å²) in [6, 6.07) is 17.6. The van der Waals surface area contributed by atoms with Crippen LogP contribution in [0.3, 0.4) is 0 Å². The Balaban J connectivity index is 1.82. The SMILES string of the molecule is CCCSc1nc2ccccc2n1[C@@H](C)C(=O)NCc1ccccc1. The fraction of sp³-hybridized carbons (Fsp3) is 0.300. The number of amides is 1. The van der Waals surface area contributed by atoms with Gasteiger partial charge in [-0.15, -0.1) is 0 Å². The third-order valence-electron chi connectivity index (χ3n) is 4.08. The van der Waals surface area contributed by atoms with E-state index in [4.69, 9.17) is 4.98 Å². The highest BCUT2D eigenvalue weighted by molar-refractivity contribution is 7.99. The summed E-state index contributed by atoms with van der Waals surface area (Å²) >= 11 is 1.70. The van der Waals surface area contributed by atoms with Gasteiger partial charge in [-0.25, -0.2) is 4.98 Å². The van der Waals surface area contributed by atoms with E-state index >= 15 is 0 Å². The van der Waals surface area contributed by atoms with Gasteiger partial charge in [-0.3, -0.25) is 4.79 Å². The predicted molar refractivity (Wildman–Crippen MR) is 104 cm³/mol. The summed E-state index contributed by atoms with van der Waals surface area (Å²) in [5.41, 5.74) is 3.03. The van der Waals surface area contributed by atoms with Gasteiger partial charge in [0.1, 0.15) is 6.04 Å².